The minimum Gasteiger partial charge on any atom is -0.405 e. The molecule has 2 amide bonds. The van der Waals surface area contributed by atoms with Gasteiger partial charge in [0.05, 0.1) is 5.37 Å². The van der Waals surface area contributed by atoms with E-state index in [-0.39, 0.29) is 28.5 Å². The number of fused-ring (bicyclic) bond motifs is 1. The van der Waals surface area contributed by atoms with Crippen LogP contribution in [0.3, 0.4) is 0 Å². The number of carbonyl (C=O) groups excluding carboxylic acids is 2. The second-order valence-electron chi connectivity index (χ2n) is 10.2. The van der Waals surface area contributed by atoms with Crippen molar-refractivity contribution < 1.29 is 18.4 Å². The number of carbonyl (C=O) groups is 2. The molecule has 0 bridgehead atoms. The molecule has 1 fully saturated rings. The smallest absolute Gasteiger partial charge is 0.264 e. The van der Waals surface area contributed by atoms with Gasteiger partial charge in [-0.1, -0.05) is 37.3 Å². The lowest BCUT2D eigenvalue weighted by Crippen LogP contribution is -2.52. The van der Waals surface area contributed by atoms with Crippen LogP contribution in [0.25, 0.3) is 0 Å². The Kier molecular flexibility index (Phi) is 7.01. The fraction of sp³-hybridized carbons (Fsp3) is 0.267. The van der Waals surface area contributed by atoms with E-state index in [1.165, 1.54) is 36.2 Å². The molecule has 1 saturated carbocycles. The van der Waals surface area contributed by atoms with E-state index in [2.05, 4.69) is 11.9 Å². The summed E-state index contributed by atoms with van der Waals surface area (Å²) < 4.78 is 28.7. The van der Waals surface area contributed by atoms with Gasteiger partial charge >= 0.3 is 0 Å². The van der Waals surface area contributed by atoms with Crippen LogP contribution in [0, 0.1) is 23.0 Å². The molecule has 5 nitrogen and oxygen atoms in total. The first-order valence-electron chi connectivity index (χ1n) is 12.5. The summed E-state index contributed by atoms with van der Waals surface area (Å²) in [7, 11) is 0. The lowest BCUT2D eigenvalue weighted by Gasteiger charge is -2.44. The van der Waals surface area contributed by atoms with Gasteiger partial charge in [0.1, 0.15) is 17.2 Å². The molecule has 2 aromatic rings. The lowest BCUT2D eigenvalue weighted by molar-refractivity contribution is -0.120. The summed E-state index contributed by atoms with van der Waals surface area (Å²) in [5.41, 5.74) is 7.10. The van der Waals surface area contributed by atoms with Crippen molar-refractivity contribution in [3.8, 4) is 0 Å². The molecule has 2 heterocycles. The number of nitrogens with two attached hydrogens (primary N) is 1. The molecule has 196 valence electrons. The summed E-state index contributed by atoms with van der Waals surface area (Å²) in [5.74, 6) is -1.76. The van der Waals surface area contributed by atoms with Crippen LogP contribution in [-0.2, 0) is 9.59 Å². The van der Waals surface area contributed by atoms with Crippen molar-refractivity contribution in [1.29, 1.82) is 0 Å². The monoisotopic (exact) mass is 533 g/mol. The number of nitrogens with one attached hydrogen (secondary N) is 1. The number of thioether (sulfide) groups is 1. The first-order chi connectivity index (χ1) is 18.2. The molecule has 0 aromatic heterocycles. The van der Waals surface area contributed by atoms with Crippen LogP contribution in [0.1, 0.15) is 37.7 Å². The Morgan fingerprint density at radius 1 is 1.24 bits per heavy atom. The number of hydrogen-bond donors (Lipinski definition) is 2. The van der Waals surface area contributed by atoms with Gasteiger partial charge in [-0.25, -0.2) is 8.78 Å². The van der Waals surface area contributed by atoms with Crippen LogP contribution in [0.15, 0.2) is 90.0 Å². The zero-order chi connectivity index (χ0) is 27.0. The summed E-state index contributed by atoms with van der Waals surface area (Å²) in [4.78, 5) is 28.7. The second-order valence-corrected chi connectivity index (χ2v) is 11.2. The quantitative estimate of drug-likeness (QED) is 0.334. The number of allylic oxidation sites excluding steroid dienone is 3. The molecule has 0 saturated heterocycles. The number of halogens is 2. The van der Waals surface area contributed by atoms with Gasteiger partial charge in [-0.05, 0) is 90.7 Å². The Labute approximate surface area is 225 Å². The van der Waals surface area contributed by atoms with Gasteiger partial charge in [0.2, 0.25) is 0 Å². The average molecular weight is 534 g/mol. The topological polar surface area (TPSA) is 75.4 Å². The zero-order valence-corrected chi connectivity index (χ0v) is 21.8. The molecular weight excluding hydrogens is 504 g/mol. The van der Waals surface area contributed by atoms with Crippen molar-refractivity contribution in [1.82, 2.24) is 0 Å². The summed E-state index contributed by atoms with van der Waals surface area (Å²) in [5, 5.41) is 4.38. The fourth-order valence-corrected chi connectivity index (χ4v) is 6.55. The normalized spacial score (nSPS) is 26.5. The summed E-state index contributed by atoms with van der Waals surface area (Å²) in [6.45, 7) is 6.00. The van der Waals surface area contributed by atoms with Crippen LogP contribution in [-0.4, -0.2) is 17.2 Å². The van der Waals surface area contributed by atoms with Crippen molar-refractivity contribution in [2.75, 3.05) is 10.2 Å². The third kappa shape index (κ3) is 4.92. The maximum absolute atomic E-state index is 15.0. The SMILES string of the molecule is C=C(/C=C\N)C1CC1c1ccc(NC(=O)C2=CC3(C)CCC=CSC3N(c3ccc(F)cc3)C2=O)cc1F. The van der Waals surface area contributed by atoms with Gasteiger partial charge in [-0.2, -0.15) is 0 Å². The van der Waals surface area contributed by atoms with Gasteiger partial charge < -0.3 is 11.1 Å². The molecule has 8 heteroatoms. The zero-order valence-electron chi connectivity index (χ0n) is 21.0. The number of anilines is 2. The average Bonchev–Trinajstić information content (AvgIpc) is 3.69. The molecule has 5 rings (SSSR count). The van der Waals surface area contributed by atoms with Crippen LogP contribution >= 0.6 is 11.8 Å². The van der Waals surface area contributed by atoms with Gasteiger partial charge in [0.15, 0.2) is 0 Å². The molecule has 2 aliphatic heterocycles. The Bertz CT molecular complexity index is 1380. The van der Waals surface area contributed by atoms with Gasteiger partial charge in [0, 0.05) is 16.8 Å². The number of rotatable bonds is 6. The molecule has 0 spiro atoms. The molecule has 38 heavy (non-hydrogen) atoms. The highest BCUT2D eigenvalue weighted by atomic mass is 32.2. The van der Waals surface area contributed by atoms with Crippen molar-refractivity contribution in [2.24, 2.45) is 17.1 Å². The molecule has 3 aliphatic rings. The number of nitrogens with zero attached hydrogens (tertiary/aromatic N) is 1. The Morgan fingerprint density at radius 2 is 2.00 bits per heavy atom. The molecule has 2 aromatic carbocycles. The van der Waals surface area contributed by atoms with Gasteiger partial charge in [0.25, 0.3) is 11.8 Å². The van der Waals surface area contributed by atoms with E-state index >= 15 is 4.39 Å². The molecule has 4 atom stereocenters. The van der Waals surface area contributed by atoms with Crippen molar-refractivity contribution in [3.63, 3.8) is 0 Å². The molecule has 4 unspecified atom stereocenters. The highest BCUT2D eigenvalue weighted by Gasteiger charge is 2.47. The molecule has 1 aliphatic carbocycles. The molecule has 3 N–H and O–H groups in total. The summed E-state index contributed by atoms with van der Waals surface area (Å²) in [6.07, 6.45) is 9.25. The summed E-state index contributed by atoms with van der Waals surface area (Å²) >= 11 is 1.50. The van der Waals surface area contributed by atoms with Crippen molar-refractivity contribution in [3.05, 3.63) is 107 Å². The summed E-state index contributed by atoms with van der Waals surface area (Å²) in [6, 6.07) is 10.3. The predicted molar refractivity (Wildman–Crippen MR) is 148 cm³/mol. The molecular formula is C30H29F2N3O2S. The minimum atomic E-state index is -0.609. The Balaban J connectivity index is 1.40. The van der Waals surface area contributed by atoms with E-state index < -0.39 is 28.9 Å². The van der Waals surface area contributed by atoms with Crippen LogP contribution in [0.2, 0.25) is 0 Å². The fourth-order valence-electron chi connectivity index (χ4n) is 5.31. The number of amides is 2. The van der Waals surface area contributed by atoms with E-state index in [0.29, 0.717) is 11.3 Å². The Morgan fingerprint density at radius 3 is 2.71 bits per heavy atom. The third-order valence-electron chi connectivity index (χ3n) is 7.46. The maximum Gasteiger partial charge on any atom is 0.264 e. The maximum atomic E-state index is 15.0. The highest BCUT2D eigenvalue weighted by molar-refractivity contribution is 8.02. The lowest BCUT2D eigenvalue weighted by atomic mass is 9.79. The van der Waals surface area contributed by atoms with Crippen molar-refractivity contribution in [2.45, 2.75) is 37.5 Å². The second kappa shape index (κ2) is 10.3. The van der Waals surface area contributed by atoms with Crippen LogP contribution in [0.4, 0.5) is 20.2 Å². The number of hydrogen-bond acceptors (Lipinski definition) is 4. The number of benzene rings is 2. The Hall–Kier alpha value is -3.65. The van der Waals surface area contributed by atoms with E-state index in [1.54, 1.807) is 41.3 Å². The van der Waals surface area contributed by atoms with Crippen molar-refractivity contribution >= 4 is 35.0 Å². The van der Waals surface area contributed by atoms with Crippen LogP contribution in [0.5, 0.6) is 0 Å². The first-order valence-corrected chi connectivity index (χ1v) is 13.5. The van der Waals surface area contributed by atoms with E-state index in [4.69, 9.17) is 5.73 Å². The minimum absolute atomic E-state index is 0.0211. The largest absolute Gasteiger partial charge is 0.405 e. The predicted octanol–water partition coefficient (Wildman–Crippen LogP) is 6.38. The van der Waals surface area contributed by atoms with Gasteiger partial charge in [-0.15, -0.1) is 11.8 Å². The van der Waals surface area contributed by atoms with Gasteiger partial charge in [-0.3, -0.25) is 14.5 Å². The third-order valence-corrected chi connectivity index (χ3v) is 8.82. The van der Waals surface area contributed by atoms with E-state index in [9.17, 15) is 14.0 Å². The van der Waals surface area contributed by atoms with Crippen LogP contribution < -0.4 is 16.0 Å². The first kappa shape index (κ1) is 26.0. The van der Waals surface area contributed by atoms with E-state index in [0.717, 1.165) is 24.8 Å². The molecule has 0 radical (unpaired) electrons. The standard InChI is InChI=1S/C30H29F2N3O2S/c1-18(11-13-33)23-16-24(23)22-10-7-20(15-26(22)32)34-27(36)25-17-30(2)12-3-4-14-38-29(30)35(28(25)37)21-8-5-19(31)6-9-21/h4-11,13-15,17,23-24,29H,1,3,12,16,33H2,2H3,(H,34,36)/b13-11-. The highest BCUT2D eigenvalue weighted by Crippen LogP contribution is 2.52. The van der Waals surface area contributed by atoms with E-state index in [1.807, 2.05) is 18.4 Å².